The van der Waals surface area contributed by atoms with E-state index in [9.17, 15) is 4.79 Å². The van der Waals surface area contributed by atoms with Gasteiger partial charge in [0.2, 0.25) is 0 Å². The summed E-state index contributed by atoms with van der Waals surface area (Å²) in [5.41, 5.74) is 0. The lowest BCUT2D eigenvalue weighted by molar-refractivity contribution is -0.144. The molecule has 1 rings (SSSR count). The Kier molecular flexibility index (Phi) is 5.92. The molecule has 0 aliphatic carbocycles. The summed E-state index contributed by atoms with van der Waals surface area (Å²) in [7, 11) is 0. The molecular formula is C13H26N2O2. The highest BCUT2D eigenvalue weighted by Crippen LogP contribution is 2.19. The van der Waals surface area contributed by atoms with Gasteiger partial charge >= 0.3 is 5.97 Å². The Hall–Kier alpha value is -0.610. The third kappa shape index (κ3) is 4.64. The third-order valence-electron chi connectivity index (χ3n) is 3.46. The maximum atomic E-state index is 11.1. The van der Waals surface area contributed by atoms with Gasteiger partial charge in [-0.15, -0.1) is 0 Å². The normalized spacial score (nSPS) is 23.9. The molecule has 2 N–H and O–H groups in total. The van der Waals surface area contributed by atoms with Crippen molar-refractivity contribution in [3.05, 3.63) is 0 Å². The Morgan fingerprint density at radius 1 is 1.41 bits per heavy atom. The van der Waals surface area contributed by atoms with Crippen molar-refractivity contribution < 1.29 is 9.90 Å². The van der Waals surface area contributed by atoms with E-state index in [1.165, 1.54) is 6.42 Å². The number of hydrogen-bond acceptors (Lipinski definition) is 3. The van der Waals surface area contributed by atoms with Crippen molar-refractivity contribution in [3.63, 3.8) is 0 Å². The summed E-state index contributed by atoms with van der Waals surface area (Å²) in [6, 6.07) is 0.0229. The molecule has 1 saturated heterocycles. The van der Waals surface area contributed by atoms with E-state index in [2.05, 4.69) is 24.1 Å². The van der Waals surface area contributed by atoms with E-state index in [-0.39, 0.29) is 6.04 Å². The zero-order valence-corrected chi connectivity index (χ0v) is 11.3. The average Bonchev–Trinajstić information content (AvgIpc) is 2.28. The molecule has 1 aliphatic heterocycles. The zero-order chi connectivity index (χ0) is 12.8. The van der Waals surface area contributed by atoms with Crippen LogP contribution in [0.15, 0.2) is 0 Å². The number of nitrogens with zero attached hydrogens (tertiary/aromatic N) is 1. The van der Waals surface area contributed by atoms with Crippen molar-refractivity contribution in [1.29, 1.82) is 0 Å². The number of carboxylic acids is 1. The summed E-state index contributed by atoms with van der Waals surface area (Å²) in [5.74, 6) is -0.0651. The molecule has 17 heavy (non-hydrogen) atoms. The number of carboxylic acid groups (broad SMARTS) is 1. The smallest absolute Gasteiger partial charge is 0.320 e. The fraction of sp³-hybridized carbons (Fsp3) is 0.923. The third-order valence-corrected chi connectivity index (χ3v) is 3.46. The molecule has 1 fully saturated rings. The van der Waals surface area contributed by atoms with Gasteiger partial charge in [0, 0.05) is 12.6 Å². The number of hydrogen-bond donors (Lipinski definition) is 2. The van der Waals surface area contributed by atoms with Crippen molar-refractivity contribution in [2.75, 3.05) is 19.6 Å². The van der Waals surface area contributed by atoms with Crippen molar-refractivity contribution in [2.45, 2.75) is 52.1 Å². The van der Waals surface area contributed by atoms with Crippen LogP contribution in [0, 0.1) is 5.92 Å². The van der Waals surface area contributed by atoms with Gasteiger partial charge in [-0.25, -0.2) is 0 Å². The van der Waals surface area contributed by atoms with Gasteiger partial charge in [-0.1, -0.05) is 20.3 Å². The molecule has 4 nitrogen and oxygen atoms in total. The quantitative estimate of drug-likeness (QED) is 0.742. The maximum absolute atomic E-state index is 11.1. The molecule has 0 amide bonds. The van der Waals surface area contributed by atoms with Gasteiger partial charge in [0.15, 0.2) is 0 Å². The van der Waals surface area contributed by atoms with Gasteiger partial charge in [0.25, 0.3) is 0 Å². The molecule has 0 spiro atoms. The van der Waals surface area contributed by atoms with E-state index in [4.69, 9.17) is 5.11 Å². The highest BCUT2D eigenvalue weighted by Gasteiger charge is 2.29. The van der Waals surface area contributed by atoms with Crippen LogP contribution >= 0.6 is 0 Å². The van der Waals surface area contributed by atoms with Crippen LogP contribution in [0.4, 0.5) is 0 Å². The first-order valence-electron chi connectivity index (χ1n) is 6.71. The minimum absolute atomic E-state index is 0.360. The SMILES string of the molecule is CC(C)CNCC1CCCCN1C(C)C(=O)O. The molecule has 0 saturated carbocycles. The number of carbonyl (C=O) groups is 1. The van der Waals surface area contributed by atoms with Gasteiger partial charge in [0.1, 0.15) is 6.04 Å². The van der Waals surface area contributed by atoms with E-state index in [1.807, 2.05) is 0 Å². The Morgan fingerprint density at radius 3 is 2.71 bits per heavy atom. The van der Waals surface area contributed by atoms with Crippen molar-refractivity contribution in [2.24, 2.45) is 5.92 Å². The van der Waals surface area contributed by atoms with Crippen LogP contribution in [0.2, 0.25) is 0 Å². The van der Waals surface area contributed by atoms with Crippen LogP contribution in [-0.4, -0.2) is 47.7 Å². The second kappa shape index (κ2) is 6.97. The standard InChI is InChI=1S/C13H26N2O2/c1-10(2)8-14-9-12-6-4-5-7-15(12)11(3)13(16)17/h10-12,14H,4-9H2,1-3H3,(H,16,17). The van der Waals surface area contributed by atoms with Crippen LogP contribution < -0.4 is 5.32 Å². The van der Waals surface area contributed by atoms with Crippen LogP contribution in [-0.2, 0) is 4.79 Å². The molecule has 0 aromatic rings. The Labute approximate surface area is 104 Å². The average molecular weight is 242 g/mol. The first kappa shape index (κ1) is 14.5. The largest absolute Gasteiger partial charge is 0.480 e. The van der Waals surface area contributed by atoms with Crippen LogP contribution in [0.5, 0.6) is 0 Å². The minimum Gasteiger partial charge on any atom is -0.480 e. The molecule has 0 aromatic carbocycles. The lowest BCUT2D eigenvalue weighted by atomic mass is 10.00. The minimum atomic E-state index is -0.708. The van der Waals surface area contributed by atoms with Crippen molar-refractivity contribution in [1.82, 2.24) is 10.2 Å². The first-order valence-corrected chi connectivity index (χ1v) is 6.71. The second-order valence-electron chi connectivity index (χ2n) is 5.45. The van der Waals surface area contributed by atoms with Gasteiger partial charge in [-0.2, -0.15) is 0 Å². The van der Waals surface area contributed by atoms with E-state index in [0.29, 0.717) is 12.0 Å². The van der Waals surface area contributed by atoms with Crippen molar-refractivity contribution >= 4 is 5.97 Å². The molecule has 100 valence electrons. The second-order valence-corrected chi connectivity index (χ2v) is 5.45. The van der Waals surface area contributed by atoms with E-state index in [0.717, 1.165) is 32.5 Å². The summed E-state index contributed by atoms with van der Waals surface area (Å²) >= 11 is 0. The molecule has 0 radical (unpaired) electrons. The van der Waals surface area contributed by atoms with E-state index < -0.39 is 5.97 Å². The number of rotatable bonds is 6. The Bertz CT molecular complexity index is 244. The van der Waals surface area contributed by atoms with Crippen molar-refractivity contribution in [3.8, 4) is 0 Å². The lowest BCUT2D eigenvalue weighted by Gasteiger charge is -2.38. The predicted molar refractivity (Wildman–Crippen MR) is 69.2 cm³/mol. The predicted octanol–water partition coefficient (Wildman–Crippen LogP) is 1.56. The van der Waals surface area contributed by atoms with E-state index in [1.54, 1.807) is 6.92 Å². The van der Waals surface area contributed by atoms with E-state index >= 15 is 0 Å². The monoisotopic (exact) mass is 242 g/mol. The Balaban J connectivity index is 2.45. The first-order chi connectivity index (χ1) is 8.02. The zero-order valence-electron chi connectivity index (χ0n) is 11.3. The van der Waals surface area contributed by atoms with Gasteiger partial charge in [-0.05, 0) is 38.8 Å². The molecule has 1 aliphatic rings. The number of aliphatic carboxylic acids is 1. The van der Waals surface area contributed by atoms with Gasteiger partial charge < -0.3 is 10.4 Å². The highest BCUT2D eigenvalue weighted by molar-refractivity contribution is 5.72. The molecule has 4 heteroatoms. The van der Waals surface area contributed by atoms with Crippen LogP contribution in [0.25, 0.3) is 0 Å². The fourth-order valence-corrected chi connectivity index (χ4v) is 2.43. The molecular weight excluding hydrogens is 216 g/mol. The topological polar surface area (TPSA) is 52.6 Å². The Morgan fingerprint density at radius 2 is 2.12 bits per heavy atom. The maximum Gasteiger partial charge on any atom is 0.320 e. The summed E-state index contributed by atoms with van der Waals surface area (Å²) in [5, 5.41) is 12.5. The summed E-state index contributed by atoms with van der Waals surface area (Å²) in [4.78, 5) is 13.2. The molecule has 2 unspecified atom stereocenters. The summed E-state index contributed by atoms with van der Waals surface area (Å²) in [6.45, 7) is 9.00. The number of likely N-dealkylation sites (tertiary alicyclic amines) is 1. The molecule has 0 bridgehead atoms. The molecule has 1 heterocycles. The number of nitrogens with one attached hydrogen (secondary N) is 1. The summed E-state index contributed by atoms with van der Waals surface area (Å²) in [6.07, 6.45) is 3.46. The van der Waals surface area contributed by atoms with Gasteiger partial charge in [-0.3, -0.25) is 9.69 Å². The summed E-state index contributed by atoms with van der Waals surface area (Å²) < 4.78 is 0. The van der Waals surface area contributed by atoms with Crippen LogP contribution in [0.1, 0.15) is 40.0 Å². The fourth-order valence-electron chi connectivity index (χ4n) is 2.43. The molecule has 0 aromatic heterocycles. The molecule has 2 atom stereocenters. The van der Waals surface area contributed by atoms with Crippen LogP contribution in [0.3, 0.4) is 0 Å². The highest BCUT2D eigenvalue weighted by atomic mass is 16.4. The van der Waals surface area contributed by atoms with Gasteiger partial charge in [0.05, 0.1) is 0 Å². The lowest BCUT2D eigenvalue weighted by Crippen LogP contribution is -2.52. The number of piperidine rings is 1.